The van der Waals surface area contributed by atoms with Crippen LogP contribution in [0.3, 0.4) is 0 Å². The van der Waals surface area contributed by atoms with Crippen molar-refractivity contribution in [1.29, 1.82) is 0 Å². The van der Waals surface area contributed by atoms with Crippen LogP contribution in [-0.2, 0) is 12.8 Å². The fourth-order valence-electron chi connectivity index (χ4n) is 4.61. The third-order valence-electron chi connectivity index (χ3n) is 6.75. The Morgan fingerprint density at radius 2 is 0.825 bits per heavy atom. The second-order valence-corrected chi connectivity index (χ2v) is 11.8. The van der Waals surface area contributed by atoms with Crippen molar-refractivity contribution < 1.29 is 26.3 Å². The molecule has 2 aromatic carbocycles. The van der Waals surface area contributed by atoms with E-state index in [9.17, 15) is 8.78 Å². The fraction of sp³-hybridized carbons (Fsp3) is 0.500. The molecule has 12 heteroatoms. The molecule has 4 rings (SSSR count). The summed E-state index contributed by atoms with van der Waals surface area (Å²) < 4.78 is 90.6. The van der Waals surface area contributed by atoms with Gasteiger partial charge in [0.25, 0.3) is 0 Å². The summed E-state index contributed by atoms with van der Waals surface area (Å²) in [7, 11) is 0. The van der Waals surface area contributed by atoms with Gasteiger partial charge in [0.2, 0.25) is 0 Å². The van der Waals surface area contributed by atoms with E-state index in [4.69, 9.17) is 0 Å². The molecular formula is C28H30F6N4S2. The molecule has 216 valence electrons. The number of nitrogens with zero attached hydrogens (tertiary/aromatic N) is 4. The second-order valence-electron chi connectivity index (χ2n) is 9.71. The number of fused-ring (bicyclic) bond motifs is 1. The number of hydrogen-bond donors (Lipinski definition) is 0. The van der Waals surface area contributed by atoms with Crippen molar-refractivity contribution >= 4 is 33.4 Å². The molecular weight excluding hydrogens is 570 g/mol. The number of benzene rings is 2. The maximum atomic E-state index is 15.2. The molecule has 0 saturated carbocycles. The Kier molecular flexibility index (Phi) is 10.5. The van der Waals surface area contributed by atoms with Crippen LogP contribution >= 0.6 is 22.7 Å². The Bertz CT molecular complexity index is 1360. The maximum absolute atomic E-state index is 15.2. The van der Waals surface area contributed by atoms with E-state index in [2.05, 4.69) is 34.2 Å². The first-order chi connectivity index (χ1) is 19.3. The van der Waals surface area contributed by atoms with Crippen LogP contribution in [-0.4, -0.2) is 20.4 Å². The fourth-order valence-corrected chi connectivity index (χ4v) is 6.47. The van der Waals surface area contributed by atoms with Crippen molar-refractivity contribution in [2.45, 2.75) is 90.9 Å². The maximum Gasteiger partial charge on any atom is 0.195 e. The van der Waals surface area contributed by atoms with Gasteiger partial charge in [-0.25, -0.2) is 26.3 Å². The van der Waals surface area contributed by atoms with Crippen molar-refractivity contribution in [3.05, 3.63) is 44.9 Å². The minimum Gasteiger partial charge on any atom is -0.203 e. The lowest BCUT2D eigenvalue weighted by molar-refractivity contribution is 0.444. The van der Waals surface area contributed by atoms with Crippen LogP contribution < -0.4 is 0 Å². The summed E-state index contributed by atoms with van der Waals surface area (Å²) in [6, 6.07) is 0. The summed E-state index contributed by atoms with van der Waals surface area (Å²) in [5.41, 5.74) is -1.61. The van der Waals surface area contributed by atoms with E-state index in [1.807, 2.05) is 0 Å². The topological polar surface area (TPSA) is 51.6 Å². The van der Waals surface area contributed by atoms with Crippen LogP contribution in [0.5, 0.6) is 0 Å². The van der Waals surface area contributed by atoms with E-state index in [1.54, 1.807) is 0 Å². The zero-order valence-electron chi connectivity index (χ0n) is 22.4. The molecule has 0 aliphatic rings. The van der Waals surface area contributed by atoms with Crippen molar-refractivity contribution in [3.63, 3.8) is 0 Å². The summed E-state index contributed by atoms with van der Waals surface area (Å²) in [6.45, 7) is 4.19. The largest absolute Gasteiger partial charge is 0.203 e. The molecule has 2 aromatic heterocycles. The predicted octanol–water partition coefficient (Wildman–Crippen LogP) is 9.74. The predicted molar refractivity (Wildman–Crippen MR) is 146 cm³/mol. The Balaban J connectivity index is 1.78. The van der Waals surface area contributed by atoms with E-state index < -0.39 is 56.8 Å². The van der Waals surface area contributed by atoms with Gasteiger partial charge in [0.1, 0.15) is 10.0 Å². The van der Waals surface area contributed by atoms with Crippen molar-refractivity contribution in [2.24, 2.45) is 0 Å². The summed E-state index contributed by atoms with van der Waals surface area (Å²) in [6.07, 6.45) is 10.9. The molecule has 0 saturated heterocycles. The SMILES string of the molecule is CCCCCCCc1nnc(-c2c(F)c(F)c(F)c3c(-c4nnc(CCCCCCC)s4)c(F)c(F)c(F)c23)s1. The van der Waals surface area contributed by atoms with Crippen LogP contribution in [0.4, 0.5) is 26.3 Å². The minimum atomic E-state index is -1.95. The highest BCUT2D eigenvalue weighted by atomic mass is 32.1. The third-order valence-corrected chi connectivity index (χ3v) is 8.75. The lowest BCUT2D eigenvalue weighted by Gasteiger charge is -2.14. The Hall–Kier alpha value is -2.60. The molecule has 0 radical (unpaired) electrons. The normalized spacial score (nSPS) is 11.7. The van der Waals surface area contributed by atoms with Gasteiger partial charge in [0.15, 0.2) is 44.9 Å². The van der Waals surface area contributed by atoms with Gasteiger partial charge in [-0.15, -0.1) is 20.4 Å². The van der Waals surface area contributed by atoms with Crippen molar-refractivity contribution in [2.75, 3.05) is 0 Å². The van der Waals surface area contributed by atoms with E-state index in [0.29, 0.717) is 22.9 Å². The monoisotopic (exact) mass is 600 g/mol. The molecule has 0 unspecified atom stereocenters. The quantitative estimate of drug-likeness (QED) is 0.0821. The average Bonchev–Trinajstić information content (AvgIpc) is 3.61. The second kappa shape index (κ2) is 13.8. The Morgan fingerprint density at radius 1 is 0.450 bits per heavy atom. The highest BCUT2D eigenvalue weighted by Gasteiger charge is 2.33. The van der Waals surface area contributed by atoms with Crippen molar-refractivity contribution in [3.8, 4) is 21.1 Å². The standard InChI is InChI=1S/C28H30F6N4S2/c1-3-5-7-9-11-13-15-35-37-27(39-15)19-17-18(22(30)25(33)23(19)31)20(24(32)26(34)21(17)29)28-38-36-16(40-28)14-12-10-8-6-4-2/h3-14H2,1-2H3. The van der Waals surface area contributed by atoms with E-state index in [1.165, 1.54) is 0 Å². The van der Waals surface area contributed by atoms with Crippen LogP contribution in [0.2, 0.25) is 0 Å². The highest BCUT2D eigenvalue weighted by Crippen LogP contribution is 2.44. The lowest BCUT2D eigenvalue weighted by atomic mass is 9.97. The first kappa shape index (κ1) is 30.4. The molecule has 0 bridgehead atoms. The Morgan fingerprint density at radius 3 is 1.20 bits per heavy atom. The molecule has 0 aliphatic heterocycles. The number of rotatable bonds is 14. The smallest absolute Gasteiger partial charge is 0.195 e. The Labute approximate surface area is 236 Å². The minimum absolute atomic E-state index is 0.258. The lowest BCUT2D eigenvalue weighted by Crippen LogP contribution is -2.05. The van der Waals surface area contributed by atoms with Gasteiger partial charge >= 0.3 is 0 Å². The first-order valence-corrected chi connectivity index (χ1v) is 15.2. The summed E-state index contributed by atoms with van der Waals surface area (Å²) >= 11 is 1.75. The molecule has 40 heavy (non-hydrogen) atoms. The van der Waals surface area contributed by atoms with Crippen LogP contribution in [0.15, 0.2) is 0 Å². The average molecular weight is 601 g/mol. The van der Waals surface area contributed by atoms with E-state index >= 15 is 17.6 Å². The summed E-state index contributed by atoms with van der Waals surface area (Å²) in [5, 5.41) is 14.3. The number of halogens is 6. The van der Waals surface area contributed by atoms with Gasteiger partial charge in [0.05, 0.1) is 11.1 Å². The first-order valence-electron chi connectivity index (χ1n) is 13.6. The summed E-state index contributed by atoms with van der Waals surface area (Å²) in [4.78, 5) is 0. The molecule has 0 spiro atoms. The zero-order valence-corrected chi connectivity index (χ0v) is 24.0. The molecule has 0 N–H and O–H groups in total. The molecule has 2 heterocycles. The van der Waals surface area contributed by atoms with E-state index in [-0.39, 0.29) is 10.0 Å². The van der Waals surface area contributed by atoms with Crippen LogP contribution in [0.1, 0.15) is 88.1 Å². The number of aryl methyl sites for hydroxylation is 2. The molecule has 0 aliphatic carbocycles. The highest BCUT2D eigenvalue weighted by molar-refractivity contribution is 7.15. The van der Waals surface area contributed by atoms with Crippen molar-refractivity contribution in [1.82, 2.24) is 20.4 Å². The number of hydrogen-bond acceptors (Lipinski definition) is 6. The van der Waals surface area contributed by atoms with Gasteiger partial charge < -0.3 is 0 Å². The number of unbranched alkanes of at least 4 members (excludes halogenated alkanes) is 8. The van der Waals surface area contributed by atoms with Gasteiger partial charge in [-0.05, 0) is 12.8 Å². The summed E-state index contributed by atoms with van der Waals surface area (Å²) in [5.74, 6) is -11.1. The molecule has 0 atom stereocenters. The molecule has 4 nitrogen and oxygen atoms in total. The zero-order chi connectivity index (χ0) is 28.8. The van der Waals surface area contributed by atoms with Gasteiger partial charge in [-0.1, -0.05) is 87.9 Å². The van der Waals surface area contributed by atoms with Gasteiger partial charge in [-0.3, -0.25) is 0 Å². The van der Waals surface area contributed by atoms with Crippen LogP contribution in [0.25, 0.3) is 31.9 Å². The van der Waals surface area contributed by atoms with E-state index in [0.717, 1.165) is 86.9 Å². The molecule has 4 aromatic rings. The number of aromatic nitrogens is 4. The third kappa shape index (κ3) is 6.32. The molecule has 0 fully saturated rings. The molecule has 0 amide bonds. The van der Waals surface area contributed by atoms with Gasteiger partial charge in [-0.2, -0.15) is 0 Å². The van der Waals surface area contributed by atoms with Gasteiger partial charge in [0, 0.05) is 23.6 Å². The van der Waals surface area contributed by atoms with Crippen LogP contribution in [0, 0.1) is 34.9 Å².